The van der Waals surface area contributed by atoms with Gasteiger partial charge in [-0.2, -0.15) is 0 Å². The first-order valence-electron chi connectivity index (χ1n) is 0.500. The Hall–Kier alpha value is 0.564. The van der Waals surface area contributed by atoms with E-state index in [9.17, 15) is 0 Å². The van der Waals surface area contributed by atoms with Crippen LogP contribution in [-0.2, 0) is 27.9 Å². The van der Waals surface area contributed by atoms with Crippen molar-refractivity contribution in [1.82, 2.24) is 0 Å². The van der Waals surface area contributed by atoms with E-state index in [0.29, 0.717) is 0 Å². The Morgan fingerprint density at radius 3 is 1.40 bits per heavy atom. The minimum absolute atomic E-state index is 0. The largest absolute Gasteiger partial charge is 2.00 e. The second kappa shape index (κ2) is 4.56. The molecule has 0 bridgehead atoms. The molecule has 0 aliphatic rings. The van der Waals surface area contributed by atoms with Crippen LogP contribution in [0.3, 0.4) is 0 Å². The summed E-state index contributed by atoms with van der Waals surface area (Å²) in [6, 6.07) is 0. The van der Waals surface area contributed by atoms with Gasteiger partial charge in [-0.15, -0.1) is 11.4 Å². The first-order chi connectivity index (χ1) is 1.73. The van der Waals surface area contributed by atoms with Crippen molar-refractivity contribution in [2.45, 2.75) is 0 Å². The second-order valence-electron chi connectivity index (χ2n) is 0.204. The molecule has 0 aromatic carbocycles. The Labute approximate surface area is 41.8 Å². The molecular weight excluding hydrogens is 139 g/mol. The number of hydrogen-bond acceptors (Lipinski definition) is 3. The molecule has 0 spiro atoms. The van der Waals surface area contributed by atoms with Gasteiger partial charge in [-0.1, -0.05) is 0 Å². The summed E-state index contributed by atoms with van der Waals surface area (Å²) in [5, 5.41) is 0. The molecule has 0 saturated carbocycles. The smallest absolute Gasteiger partial charge is 0.784 e. The van der Waals surface area contributed by atoms with E-state index in [4.69, 9.17) is 13.3 Å². The molecule has 34 valence electrons. The standard InChI is InChI=1S/Ni.H2O3S/c;1-4(2)3/h;(H2,1,2,3)/q+2;/p-2. The number of hydrogen-bond donors (Lipinski definition) is 0. The number of rotatable bonds is 0. The summed E-state index contributed by atoms with van der Waals surface area (Å²) in [7, 11) is 0. The van der Waals surface area contributed by atoms with E-state index >= 15 is 0 Å². The van der Waals surface area contributed by atoms with Crippen LogP contribution in [0.2, 0.25) is 0 Å². The average Bonchev–Trinajstić information content (AvgIpc) is 0.811. The fourth-order valence-electron chi connectivity index (χ4n) is 0. The fraction of sp³-hybridized carbons (Fsp3) is 0. The molecule has 0 aliphatic heterocycles. The van der Waals surface area contributed by atoms with Crippen LogP contribution in [-0.4, -0.2) is 13.3 Å². The molecule has 0 aromatic heterocycles. The molecular formula is NiO3S. The Kier molecular flexibility index (Phi) is 8.33. The third-order valence-electron chi connectivity index (χ3n) is 0. The monoisotopic (exact) mass is 138 g/mol. The van der Waals surface area contributed by atoms with E-state index in [1.54, 1.807) is 0 Å². The van der Waals surface area contributed by atoms with Crippen molar-refractivity contribution in [2.75, 3.05) is 0 Å². The molecule has 5 heteroatoms. The molecule has 5 heavy (non-hydrogen) atoms. The molecule has 3 nitrogen and oxygen atoms in total. The van der Waals surface area contributed by atoms with Crippen LogP contribution in [0, 0.1) is 0 Å². The van der Waals surface area contributed by atoms with Crippen LogP contribution in [0.5, 0.6) is 0 Å². The van der Waals surface area contributed by atoms with E-state index in [1.165, 1.54) is 0 Å². The van der Waals surface area contributed by atoms with Crippen molar-refractivity contribution in [3.63, 3.8) is 0 Å². The van der Waals surface area contributed by atoms with Crippen LogP contribution >= 0.6 is 0 Å². The van der Waals surface area contributed by atoms with E-state index in [0.717, 1.165) is 0 Å². The Balaban J connectivity index is 0. The minimum Gasteiger partial charge on any atom is -0.784 e. The van der Waals surface area contributed by atoms with E-state index < -0.39 is 11.4 Å². The van der Waals surface area contributed by atoms with Crippen LogP contribution in [0.4, 0.5) is 0 Å². The Bertz CT molecular complexity index is 29.9. The molecule has 0 atom stereocenters. The predicted molar refractivity (Wildman–Crippen MR) is 9.70 cm³/mol. The molecule has 0 unspecified atom stereocenters. The average molecular weight is 139 g/mol. The molecule has 0 amide bonds. The summed E-state index contributed by atoms with van der Waals surface area (Å²) in [4.78, 5) is 0. The van der Waals surface area contributed by atoms with Crippen LogP contribution in [0.25, 0.3) is 0 Å². The minimum atomic E-state index is -3.11. The van der Waals surface area contributed by atoms with Gasteiger partial charge in [-0.05, 0) is 0 Å². The van der Waals surface area contributed by atoms with Gasteiger partial charge in [0.15, 0.2) is 0 Å². The zero-order valence-electron chi connectivity index (χ0n) is 1.95. The summed E-state index contributed by atoms with van der Waals surface area (Å²) in [6.07, 6.45) is 0. The third kappa shape index (κ3) is 94.4. The maximum absolute atomic E-state index is 8.44. The Morgan fingerprint density at radius 2 is 1.40 bits per heavy atom. The van der Waals surface area contributed by atoms with Crippen molar-refractivity contribution in [1.29, 1.82) is 0 Å². The quantitative estimate of drug-likeness (QED) is 0.319. The van der Waals surface area contributed by atoms with Crippen molar-refractivity contribution in [2.24, 2.45) is 0 Å². The molecule has 0 fully saturated rings. The topological polar surface area (TPSA) is 63.2 Å². The van der Waals surface area contributed by atoms with E-state index in [1.807, 2.05) is 0 Å². The molecule has 0 radical (unpaired) electrons. The summed E-state index contributed by atoms with van der Waals surface area (Å²) in [6.45, 7) is 0. The van der Waals surface area contributed by atoms with Crippen molar-refractivity contribution in [3.8, 4) is 0 Å². The molecule has 0 aliphatic carbocycles. The summed E-state index contributed by atoms with van der Waals surface area (Å²) >= 11 is -3.11. The first-order valence-corrected chi connectivity index (χ1v) is 1.50. The third-order valence-corrected chi connectivity index (χ3v) is 0. The maximum Gasteiger partial charge on any atom is 2.00 e. The van der Waals surface area contributed by atoms with Crippen LogP contribution in [0.15, 0.2) is 0 Å². The van der Waals surface area contributed by atoms with Gasteiger partial charge in [0.1, 0.15) is 0 Å². The summed E-state index contributed by atoms with van der Waals surface area (Å²) in [5.74, 6) is 0. The fourth-order valence-corrected chi connectivity index (χ4v) is 0. The van der Waals surface area contributed by atoms with Crippen LogP contribution < -0.4 is 0 Å². The molecule has 0 heterocycles. The van der Waals surface area contributed by atoms with Crippen LogP contribution in [0.1, 0.15) is 0 Å². The summed E-state index contributed by atoms with van der Waals surface area (Å²) < 4.78 is 25.3. The zero-order valence-corrected chi connectivity index (χ0v) is 3.75. The van der Waals surface area contributed by atoms with Gasteiger partial charge < -0.3 is 9.11 Å². The molecule has 0 saturated heterocycles. The van der Waals surface area contributed by atoms with E-state index in [-0.39, 0.29) is 16.5 Å². The van der Waals surface area contributed by atoms with Crippen molar-refractivity contribution < 1.29 is 29.8 Å². The van der Waals surface area contributed by atoms with Gasteiger partial charge in [0.25, 0.3) is 0 Å². The summed E-state index contributed by atoms with van der Waals surface area (Å²) in [5.41, 5.74) is 0. The van der Waals surface area contributed by atoms with Gasteiger partial charge in [-0.3, -0.25) is 4.21 Å². The Morgan fingerprint density at radius 1 is 1.40 bits per heavy atom. The molecule has 0 N–H and O–H groups in total. The maximum atomic E-state index is 8.44. The second-order valence-corrected chi connectivity index (χ2v) is 0.612. The molecule has 0 aromatic rings. The van der Waals surface area contributed by atoms with Gasteiger partial charge >= 0.3 is 16.5 Å². The van der Waals surface area contributed by atoms with Crippen molar-refractivity contribution >= 4 is 11.4 Å². The normalized spacial score (nSPS) is 7.00. The van der Waals surface area contributed by atoms with Gasteiger partial charge in [0.2, 0.25) is 0 Å². The van der Waals surface area contributed by atoms with Gasteiger partial charge in [0, 0.05) is 0 Å². The van der Waals surface area contributed by atoms with Crippen molar-refractivity contribution in [3.05, 3.63) is 0 Å². The first kappa shape index (κ1) is 9.12. The van der Waals surface area contributed by atoms with E-state index in [2.05, 4.69) is 0 Å². The zero-order chi connectivity index (χ0) is 3.58. The van der Waals surface area contributed by atoms with Gasteiger partial charge in [-0.25, -0.2) is 0 Å². The molecule has 0 rings (SSSR count). The SMILES string of the molecule is O=S([O-])[O-].[Ni+2]. The van der Waals surface area contributed by atoms with Gasteiger partial charge in [0.05, 0.1) is 0 Å². The predicted octanol–water partition coefficient (Wildman–Crippen LogP) is -1.01.